The van der Waals surface area contributed by atoms with E-state index in [2.05, 4.69) is 19.2 Å². The molecule has 3 N–H and O–H groups in total. The molecule has 2 rings (SSSR count). The number of nitrogens with one attached hydrogen (secondary N) is 1. The van der Waals surface area contributed by atoms with Crippen molar-refractivity contribution in [3.05, 3.63) is 35.9 Å². The van der Waals surface area contributed by atoms with Crippen molar-refractivity contribution in [3.8, 4) is 0 Å². The van der Waals surface area contributed by atoms with Gasteiger partial charge in [0.05, 0.1) is 6.04 Å². The average molecular weight is 232 g/mol. The maximum atomic E-state index is 11.8. The van der Waals surface area contributed by atoms with Crippen molar-refractivity contribution >= 4 is 5.91 Å². The zero-order valence-electron chi connectivity index (χ0n) is 10.4. The summed E-state index contributed by atoms with van der Waals surface area (Å²) in [5.41, 5.74) is 7.26. The smallest absolute Gasteiger partial charge is 0.237 e. The van der Waals surface area contributed by atoms with Gasteiger partial charge in [-0.15, -0.1) is 0 Å². The first-order valence-electron chi connectivity index (χ1n) is 6.09. The molecule has 1 aliphatic rings. The van der Waals surface area contributed by atoms with Gasteiger partial charge in [-0.1, -0.05) is 44.2 Å². The summed E-state index contributed by atoms with van der Waals surface area (Å²) in [7, 11) is 0. The first kappa shape index (κ1) is 12.1. The summed E-state index contributed by atoms with van der Waals surface area (Å²) in [6, 6.07) is 9.73. The van der Waals surface area contributed by atoms with Gasteiger partial charge in [0.2, 0.25) is 5.91 Å². The number of amides is 1. The van der Waals surface area contributed by atoms with Crippen LogP contribution in [0.3, 0.4) is 0 Å². The minimum Gasteiger partial charge on any atom is -0.351 e. The van der Waals surface area contributed by atoms with Crippen LogP contribution < -0.4 is 11.1 Å². The van der Waals surface area contributed by atoms with Crippen molar-refractivity contribution in [3.63, 3.8) is 0 Å². The molecule has 0 bridgehead atoms. The molecule has 0 radical (unpaired) electrons. The van der Waals surface area contributed by atoms with Crippen LogP contribution in [0.25, 0.3) is 0 Å². The Morgan fingerprint density at radius 1 is 1.47 bits per heavy atom. The van der Waals surface area contributed by atoms with Crippen LogP contribution >= 0.6 is 0 Å². The highest BCUT2D eigenvalue weighted by Crippen LogP contribution is 2.44. The molecule has 3 heteroatoms. The van der Waals surface area contributed by atoms with Crippen LogP contribution in [0, 0.1) is 5.41 Å². The van der Waals surface area contributed by atoms with Crippen LogP contribution in [-0.2, 0) is 11.2 Å². The van der Waals surface area contributed by atoms with Crippen LogP contribution in [0.1, 0.15) is 25.8 Å². The van der Waals surface area contributed by atoms with Crippen molar-refractivity contribution < 1.29 is 4.79 Å². The van der Waals surface area contributed by atoms with Crippen molar-refractivity contribution in [1.82, 2.24) is 5.32 Å². The van der Waals surface area contributed by atoms with Gasteiger partial charge in [-0.2, -0.15) is 0 Å². The fourth-order valence-corrected chi connectivity index (χ4v) is 1.95. The number of hydrogen-bond acceptors (Lipinski definition) is 2. The second-order valence-electron chi connectivity index (χ2n) is 5.55. The highest BCUT2D eigenvalue weighted by Gasteiger charge is 2.46. The van der Waals surface area contributed by atoms with E-state index in [-0.39, 0.29) is 11.3 Å². The minimum atomic E-state index is -0.450. The molecule has 1 saturated carbocycles. The Morgan fingerprint density at radius 2 is 2.06 bits per heavy atom. The highest BCUT2D eigenvalue weighted by molar-refractivity contribution is 5.82. The van der Waals surface area contributed by atoms with E-state index in [1.807, 2.05) is 30.3 Å². The monoisotopic (exact) mass is 232 g/mol. The molecule has 0 aromatic heterocycles. The molecule has 1 amide bonds. The fraction of sp³-hybridized carbons (Fsp3) is 0.500. The lowest BCUT2D eigenvalue weighted by Gasteiger charge is -2.13. The quantitative estimate of drug-likeness (QED) is 0.826. The van der Waals surface area contributed by atoms with Crippen molar-refractivity contribution in [2.45, 2.75) is 38.8 Å². The molecule has 0 saturated heterocycles. The third-order valence-electron chi connectivity index (χ3n) is 3.47. The van der Waals surface area contributed by atoms with Crippen molar-refractivity contribution in [2.75, 3.05) is 0 Å². The summed E-state index contributed by atoms with van der Waals surface area (Å²) >= 11 is 0. The van der Waals surface area contributed by atoms with Crippen LogP contribution in [-0.4, -0.2) is 18.0 Å². The molecular weight excluding hydrogens is 212 g/mol. The largest absolute Gasteiger partial charge is 0.351 e. The molecule has 0 aliphatic heterocycles. The standard InChI is InChI=1S/C14H20N2O/c1-14(2)9-12(14)16-13(17)11(15)8-10-6-4-3-5-7-10/h3-7,11-12H,8-9,15H2,1-2H3,(H,16,17)/t11-,12?/m1/s1. The van der Waals surface area contributed by atoms with Gasteiger partial charge >= 0.3 is 0 Å². The number of rotatable bonds is 4. The van der Waals surface area contributed by atoms with Gasteiger partial charge in [-0.05, 0) is 23.8 Å². The number of carbonyl (C=O) groups excluding carboxylic acids is 1. The van der Waals surface area contributed by atoms with E-state index in [9.17, 15) is 4.79 Å². The van der Waals surface area contributed by atoms with Gasteiger partial charge in [-0.25, -0.2) is 0 Å². The highest BCUT2D eigenvalue weighted by atomic mass is 16.2. The molecule has 1 aromatic rings. The maximum absolute atomic E-state index is 11.8. The van der Waals surface area contributed by atoms with Gasteiger partial charge in [0.25, 0.3) is 0 Å². The molecule has 17 heavy (non-hydrogen) atoms. The summed E-state index contributed by atoms with van der Waals surface area (Å²) in [4.78, 5) is 11.8. The topological polar surface area (TPSA) is 55.1 Å². The Morgan fingerprint density at radius 3 is 2.59 bits per heavy atom. The Bertz CT molecular complexity index is 400. The lowest BCUT2D eigenvalue weighted by atomic mass is 10.1. The summed E-state index contributed by atoms with van der Waals surface area (Å²) < 4.78 is 0. The summed E-state index contributed by atoms with van der Waals surface area (Å²) in [5.74, 6) is -0.0376. The van der Waals surface area contributed by atoms with Gasteiger partial charge in [0.1, 0.15) is 0 Å². The van der Waals surface area contributed by atoms with Crippen LogP contribution in [0.2, 0.25) is 0 Å². The predicted molar refractivity (Wildman–Crippen MR) is 68.5 cm³/mol. The normalized spacial score (nSPS) is 22.9. The fourth-order valence-electron chi connectivity index (χ4n) is 1.95. The molecule has 1 aromatic carbocycles. The van der Waals surface area contributed by atoms with Crippen LogP contribution in [0.15, 0.2) is 30.3 Å². The van der Waals surface area contributed by atoms with E-state index in [4.69, 9.17) is 5.73 Å². The molecule has 1 aliphatic carbocycles. The van der Waals surface area contributed by atoms with Gasteiger partial charge in [0.15, 0.2) is 0 Å². The lowest BCUT2D eigenvalue weighted by molar-refractivity contribution is -0.122. The summed E-state index contributed by atoms with van der Waals surface area (Å²) in [6.45, 7) is 4.31. The molecule has 3 nitrogen and oxygen atoms in total. The Kier molecular flexibility index (Phi) is 3.20. The van der Waals surface area contributed by atoms with Crippen LogP contribution in [0.4, 0.5) is 0 Å². The predicted octanol–water partition coefficient (Wildman–Crippen LogP) is 1.47. The van der Waals surface area contributed by atoms with E-state index in [0.717, 1.165) is 12.0 Å². The zero-order chi connectivity index (χ0) is 12.5. The van der Waals surface area contributed by atoms with Crippen molar-refractivity contribution in [2.24, 2.45) is 11.1 Å². The lowest BCUT2D eigenvalue weighted by Crippen LogP contribution is -2.43. The Labute approximate surface area is 102 Å². The van der Waals surface area contributed by atoms with E-state index in [1.165, 1.54) is 0 Å². The molecule has 1 fully saturated rings. The summed E-state index contributed by atoms with van der Waals surface area (Å²) in [6.07, 6.45) is 1.65. The van der Waals surface area contributed by atoms with E-state index in [1.54, 1.807) is 0 Å². The van der Waals surface area contributed by atoms with Crippen LogP contribution in [0.5, 0.6) is 0 Å². The third kappa shape index (κ3) is 3.07. The molecule has 1 unspecified atom stereocenters. The zero-order valence-corrected chi connectivity index (χ0v) is 10.4. The number of benzene rings is 1. The molecular formula is C14H20N2O. The second-order valence-corrected chi connectivity index (χ2v) is 5.55. The number of hydrogen-bond donors (Lipinski definition) is 2. The molecule has 2 atom stereocenters. The number of carbonyl (C=O) groups is 1. The molecule has 92 valence electrons. The minimum absolute atomic E-state index is 0.0376. The first-order chi connectivity index (χ1) is 7.99. The number of nitrogens with two attached hydrogens (primary N) is 1. The third-order valence-corrected chi connectivity index (χ3v) is 3.47. The van der Waals surface area contributed by atoms with E-state index in [0.29, 0.717) is 12.5 Å². The Balaban J connectivity index is 1.84. The van der Waals surface area contributed by atoms with Gasteiger partial charge in [0, 0.05) is 6.04 Å². The average Bonchev–Trinajstić information content (AvgIpc) is 2.87. The first-order valence-corrected chi connectivity index (χ1v) is 6.09. The van der Waals surface area contributed by atoms with Gasteiger partial charge < -0.3 is 11.1 Å². The van der Waals surface area contributed by atoms with E-state index < -0.39 is 6.04 Å². The molecule has 0 spiro atoms. The van der Waals surface area contributed by atoms with E-state index >= 15 is 0 Å². The maximum Gasteiger partial charge on any atom is 0.237 e. The van der Waals surface area contributed by atoms with Gasteiger partial charge in [-0.3, -0.25) is 4.79 Å². The van der Waals surface area contributed by atoms with Crippen molar-refractivity contribution in [1.29, 1.82) is 0 Å². The molecule has 0 heterocycles. The Hall–Kier alpha value is -1.35. The summed E-state index contributed by atoms with van der Waals surface area (Å²) in [5, 5.41) is 3.00. The second kappa shape index (κ2) is 4.49. The SMILES string of the molecule is CC1(C)CC1NC(=O)[C@H](N)Cc1ccccc1.